The van der Waals surface area contributed by atoms with Crippen LogP contribution in [0.2, 0.25) is 5.15 Å². The third kappa shape index (κ3) is 2.51. The number of hydrogen-bond acceptors (Lipinski definition) is 3. The summed E-state index contributed by atoms with van der Waals surface area (Å²) in [6.07, 6.45) is 1.16. The number of likely N-dealkylation sites (tertiary alicyclic amines) is 1. The molecular weight excluding hydrogens is 228 g/mol. The Balaban J connectivity index is 2.12. The Kier molecular flexibility index (Phi) is 3.41. The summed E-state index contributed by atoms with van der Waals surface area (Å²) < 4.78 is 0. The molecule has 0 bridgehead atoms. The normalized spacial score (nSPS) is 20.9. The number of aliphatic hydroxyl groups excluding tert-OH is 1. The third-order valence-electron chi connectivity index (χ3n) is 2.62. The number of halogens is 1. The van der Waals surface area contributed by atoms with Gasteiger partial charge in [0.2, 0.25) is 0 Å². The molecule has 2 heterocycles. The number of aliphatic hydroxyl groups is 1. The summed E-state index contributed by atoms with van der Waals surface area (Å²) in [6.45, 7) is 1.05. The van der Waals surface area contributed by atoms with Gasteiger partial charge in [-0.05, 0) is 25.0 Å². The fraction of sp³-hybridized carbons (Fsp3) is 0.455. The molecule has 0 spiro atoms. The maximum atomic E-state index is 12.0. The summed E-state index contributed by atoms with van der Waals surface area (Å²) in [7, 11) is 0. The molecule has 86 valence electrons. The molecule has 16 heavy (non-hydrogen) atoms. The van der Waals surface area contributed by atoms with Gasteiger partial charge in [-0.25, -0.2) is 4.98 Å². The molecule has 4 nitrogen and oxygen atoms in total. The molecule has 2 rings (SSSR count). The zero-order valence-electron chi connectivity index (χ0n) is 8.77. The summed E-state index contributed by atoms with van der Waals surface area (Å²) in [6, 6.07) is 4.96. The minimum Gasteiger partial charge on any atom is -0.391 e. The zero-order valence-corrected chi connectivity index (χ0v) is 9.52. The van der Waals surface area contributed by atoms with E-state index in [0.29, 0.717) is 23.9 Å². The van der Waals surface area contributed by atoms with Crippen LogP contribution >= 0.6 is 11.6 Å². The largest absolute Gasteiger partial charge is 0.391 e. The number of pyridine rings is 1. The molecule has 1 aromatic heterocycles. The number of piperidine rings is 1. The lowest BCUT2D eigenvalue weighted by atomic mass is 10.1. The van der Waals surface area contributed by atoms with E-state index in [9.17, 15) is 9.90 Å². The molecule has 1 aliphatic rings. The first kappa shape index (κ1) is 11.4. The molecule has 0 aliphatic carbocycles. The van der Waals surface area contributed by atoms with Gasteiger partial charge >= 0.3 is 0 Å². The first-order chi connectivity index (χ1) is 7.66. The minimum absolute atomic E-state index is 0.166. The van der Waals surface area contributed by atoms with Gasteiger partial charge in [-0.15, -0.1) is 0 Å². The highest BCUT2D eigenvalue weighted by atomic mass is 35.5. The van der Waals surface area contributed by atoms with Gasteiger partial charge in [-0.1, -0.05) is 17.7 Å². The molecule has 0 aromatic carbocycles. The van der Waals surface area contributed by atoms with Gasteiger partial charge in [0.15, 0.2) is 0 Å². The van der Waals surface area contributed by atoms with E-state index >= 15 is 0 Å². The van der Waals surface area contributed by atoms with Crippen molar-refractivity contribution in [1.29, 1.82) is 0 Å². The lowest BCUT2D eigenvalue weighted by molar-refractivity contribution is 0.0469. The van der Waals surface area contributed by atoms with Gasteiger partial charge in [0.05, 0.1) is 6.10 Å². The molecule has 1 saturated heterocycles. The summed E-state index contributed by atoms with van der Waals surface area (Å²) in [5.74, 6) is -0.166. The van der Waals surface area contributed by atoms with Gasteiger partial charge in [-0.3, -0.25) is 4.79 Å². The van der Waals surface area contributed by atoms with E-state index in [0.717, 1.165) is 12.8 Å². The first-order valence-corrected chi connectivity index (χ1v) is 5.64. The third-order valence-corrected chi connectivity index (χ3v) is 2.83. The molecular formula is C11H13ClN2O2. The Morgan fingerprint density at radius 2 is 2.38 bits per heavy atom. The number of hydrogen-bond donors (Lipinski definition) is 1. The van der Waals surface area contributed by atoms with Crippen molar-refractivity contribution >= 4 is 17.5 Å². The van der Waals surface area contributed by atoms with Gasteiger partial charge in [-0.2, -0.15) is 0 Å². The predicted molar refractivity (Wildman–Crippen MR) is 60.4 cm³/mol. The van der Waals surface area contributed by atoms with Crippen molar-refractivity contribution in [2.45, 2.75) is 18.9 Å². The Bertz CT molecular complexity index is 397. The second-order valence-corrected chi connectivity index (χ2v) is 4.28. The smallest absolute Gasteiger partial charge is 0.272 e. The molecule has 1 aliphatic heterocycles. The van der Waals surface area contributed by atoms with Gasteiger partial charge in [0.25, 0.3) is 5.91 Å². The van der Waals surface area contributed by atoms with E-state index < -0.39 is 6.10 Å². The van der Waals surface area contributed by atoms with E-state index in [1.165, 1.54) is 0 Å². The topological polar surface area (TPSA) is 53.4 Å². The Morgan fingerprint density at radius 3 is 3.06 bits per heavy atom. The quantitative estimate of drug-likeness (QED) is 0.754. The van der Waals surface area contributed by atoms with Crippen molar-refractivity contribution in [3.05, 3.63) is 29.0 Å². The van der Waals surface area contributed by atoms with Crippen molar-refractivity contribution in [2.24, 2.45) is 0 Å². The average molecular weight is 241 g/mol. The van der Waals surface area contributed by atoms with E-state index in [4.69, 9.17) is 11.6 Å². The molecule has 1 N–H and O–H groups in total. The summed E-state index contributed by atoms with van der Waals surface area (Å²) in [5, 5.41) is 9.80. The highest BCUT2D eigenvalue weighted by molar-refractivity contribution is 6.29. The van der Waals surface area contributed by atoms with E-state index in [2.05, 4.69) is 4.98 Å². The Morgan fingerprint density at radius 1 is 1.56 bits per heavy atom. The van der Waals surface area contributed by atoms with Crippen molar-refractivity contribution in [3.8, 4) is 0 Å². The predicted octanol–water partition coefficient (Wildman–Crippen LogP) is 1.33. The van der Waals surface area contributed by atoms with Crippen LogP contribution in [0.25, 0.3) is 0 Å². The second kappa shape index (κ2) is 4.80. The van der Waals surface area contributed by atoms with Crippen LogP contribution < -0.4 is 0 Å². The lowest BCUT2D eigenvalue weighted by Crippen LogP contribution is -2.42. The van der Waals surface area contributed by atoms with Crippen LogP contribution in [0.3, 0.4) is 0 Å². The molecule has 1 fully saturated rings. The van der Waals surface area contributed by atoms with E-state index in [-0.39, 0.29) is 5.91 Å². The molecule has 0 radical (unpaired) electrons. The van der Waals surface area contributed by atoms with Crippen LogP contribution in [0.15, 0.2) is 18.2 Å². The Labute approximate surface area is 98.9 Å². The number of β-amino-alcohol motifs (C(OH)–C–C–N with tert-alkyl or cyclic N) is 1. The molecule has 1 unspecified atom stereocenters. The van der Waals surface area contributed by atoms with Crippen LogP contribution in [0.1, 0.15) is 23.3 Å². The number of carbonyl (C=O) groups excluding carboxylic acids is 1. The lowest BCUT2D eigenvalue weighted by Gasteiger charge is -2.29. The van der Waals surface area contributed by atoms with E-state index in [1.807, 2.05) is 0 Å². The standard InChI is InChI=1S/C11H13ClN2O2/c12-10-5-1-4-9(13-10)11(16)14-6-2-3-8(15)7-14/h1,4-5,8,15H,2-3,6-7H2. The fourth-order valence-electron chi connectivity index (χ4n) is 1.83. The van der Waals surface area contributed by atoms with Crippen molar-refractivity contribution in [3.63, 3.8) is 0 Å². The summed E-state index contributed by atoms with van der Waals surface area (Å²) in [5.41, 5.74) is 0.335. The number of carbonyl (C=O) groups is 1. The van der Waals surface area contributed by atoms with Crippen LogP contribution in [-0.4, -0.2) is 40.1 Å². The monoisotopic (exact) mass is 240 g/mol. The first-order valence-electron chi connectivity index (χ1n) is 5.27. The highest BCUT2D eigenvalue weighted by Crippen LogP contribution is 2.14. The number of rotatable bonds is 1. The summed E-state index contributed by atoms with van der Waals surface area (Å²) in [4.78, 5) is 17.6. The van der Waals surface area contributed by atoms with Crippen molar-refractivity contribution < 1.29 is 9.90 Å². The molecule has 5 heteroatoms. The number of amides is 1. The van der Waals surface area contributed by atoms with Crippen LogP contribution in [0.4, 0.5) is 0 Å². The van der Waals surface area contributed by atoms with E-state index in [1.54, 1.807) is 23.1 Å². The van der Waals surface area contributed by atoms with Crippen LogP contribution in [0.5, 0.6) is 0 Å². The number of aromatic nitrogens is 1. The van der Waals surface area contributed by atoms with Gasteiger partial charge < -0.3 is 10.0 Å². The maximum Gasteiger partial charge on any atom is 0.272 e. The average Bonchev–Trinajstić information content (AvgIpc) is 2.28. The maximum absolute atomic E-state index is 12.0. The highest BCUT2D eigenvalue weighted by Gasteiger charge is 2.23. The molecule has 1 atom stereocenters. The van der Waals surface area contributed by atoms with Gasteiger partial charge in [0.1, 0.15) is 10.8 Å². The Hall–Kier alpha value is -1.13. The molecule has 0 saturated carbocycles. The summed E-state index contributed by atoms with van der Waals surface area (Å²) >= 11 is 5.73. The van der Waals surface area contributed by atoms with Crippen LogP contribution in [0, 0.1) is 0 Å². The molecule has 1 amide bonds. The van der Waals surface area contributed by atoms with Crippen molar-refractivity contribution in [2.75, 3.05) is 13.1 Å². The van der Waals surface area contributed by atoms with Crippen molar-refractivity contribution in [1.82, 2.24) is 9.88 Å². The second-order valence-electron chi connectivity index (χ2n) is 3.89. The SMILES string of the molecule is O=C(c1cccc(Cl)n1)N1CCCC(O)C1. The van der Waals surface area contributed by atoms with Crippen LogP contribution in [-0.2, 0) is 0 Å². The fourth-order valence-corrected chi connectivity index (χ4v) is 1.99. The molecule has 1 aromatic rings. The van der Waals surface area contributed by atoms with Gasteiger partial charge in [0, 0.05) is 13.1 Å². The minimum atomic E-state index is -0.420. The number of nitrogens with zero attached hydrogens (tertiary/aromatic N) is 2. The zero-order chi connectivity index (χ0) is 11.5.